The summed E-state index contributed by atoms with van der Waals surface area (Å²) in [5.74, 6) is -1.38. The number of halogens is 1. The second kappa shape index (κ2) is 3.92. The predicted octanol–water partition coefficient (Wildman–Crippen LogP) is 0.863. The molecule has 1 fully saturated rings. The first-order valence-electron chi connectivity index (χ1n) is 6.95. The van der Waals surface area contributed by atoms with Crippen LogP contribution in [0.25, 0.3) is 0 Å². The van der Waals surface area contributed by atoms with E-state index in [1.165, 1.54) is 18.2 Å². The molecule has 0 saturated carbocycles. The van der Waals surface area contributed by atoms with Crippen molar-refractivity contribution in [2.24, 2.45) is 5.73 Å². The highest BCUT2D eigenvalue weighted by Crippen LogP contribution is 2.52. The number of carbonyl (C=O) groups is 2. The maximum absolute atomic E-state index is 13.7. The molecule has 1 saturated heterocycles. The van der Waals surface area contributed by atoms with E-state index in [0.717, 1.165) is 12.8 Å². The molecule has 4 rings (SSSR count). The number of carbonyl (C=O) groups excluding carboxylic acids is 2. The van der Waals surface area contributed by atoms with Crippen LogP contribution in [-0.4, -0.2) is 29.3 Å². The quantitative estimate of drug-likeness (QED) is 0.804. The van der Waals surface area contributed by atoms with E-state index in [-0.39, 0.29) is 17.5 Å². The van der Waals surface area contributed by atoms with Gasteiger partial charge in [-0.15, -0.1) is 0 Å². The van der Waals surface area contributed by atoms with E-state index in [9.17, 15) is 14.0 Å². The van der Waals surface area contributed by atoms with Gasteiger partial charge in [0.1, 0.15) is 5.82 Å². The molecule has 5 nitrogen and oxygen atoms in total. The monoisotopic (exact) mass is 287 g/mol. The van der Waals surface area contributed by atoms with Gasteiger partial charge in [-0.1, -0.05) is 6.08 Å². The van der Waals surface area contributed by atoms with Crippen molar-refractivity contribution < 1.29 is 14.0 Å². The minimum absolute atomic E-state index is 0.00691. The molecule has 3 aliphatic rings. The lowest BCUT2D eigenvalue weighted by Gasteiger charge is -2.34. The molecule has 108 valence electrons. The summed E-state index contributed by atoms with van der Waals surface area (Å²) in [5.41, 5.74) is 5.53. The summed E-state index contributed by atoms with van der Waals surface area (Å²) in [4.78, 5) is 26.6. The van der Waals surface area contributed by atoms with Crippen LogP contribution in [0.5, 0.6) is 0 Å². The lowest BCUT2D eigenvalue weighted by molar-refractivity contribution is -0.127. The first kappa shape index (κ1) is 12.5. The number of anilines is 1. The fourth-order valence-electron chi connectivity index (χ4n) is 3.92. The van der Waals surface area contributed by atoms with Crippen LogP contribution in [0.3, 0.4) is 0 Å². The van der Waals surface area contributed by atoms with Crippen molar-refractivity contribution in [3.63, 3.8) is 0 Å². The van der Waals surface area contributed by atoms with E-state index in [2.05, 4.69) is 5.32 Å². The van der Waals surface area contributed by atoms with Crippen LogP contribution < -0.4 is 11.1 Å². The molecule has 0 radical (unpaired) electrons. The van der Waals surface area contributed by atoms with Crippen molar-refractivity contribution in [3.05, 3.63) is 41.2 Å². The molecule has 0 bridgehead atoms. The highest BCUT2D eigenvalue weighted by atomic mass is 19.1. The minimum Gasteiger partial charge on any atom is -0.366 e. The topological polar surface area (TPSA) is 75.4 Å². The predicted molar refractivity (Wildman–Crippen MR) is 73.7 cm³/mol. The molecule has 0 aliphatic carbocycles. The van der Waals surface area contributed by atoms with Crippen LogP contribution in [0.15, 0.2) is 29.8 Å². The Balaban J connectivity index is 2.01. The van der Waals surface area contributed by atoms with Gasteiger partial charge >= 0.3 is 0 Å². The molecule has 3 N–H and O–H groups in total. The molecular weight excluding hydrogens is 273 g/mol. The Morgan fingerprint density at radius 2 is 2.29 bits per heavy atom. The zero-order valence-electron chi connectivity index (χ0n) is 11.2. The molecule has 1 spiro atoms. The standard InChI is InChI=1S/C15H14FN3O2/c16-8-3-4-12-10(6-8)15(14(21)18-12)11(13(17)20)7-9-2-1-5-19(9)15/h3-4,6-7,9H,1-2,5H2,(H2,17,20)(H,18,21)/t9?,15-/m0/s1. The Morgan fingerprint density at radius 1 is 1.48 bits per heavy atom. The summed E-state index contributed by atoms with van der Waals surface area (Å²) < 4.78 is 13.7. The van der Waals surface area contributed by atoms with Gasteiger partial charge in [-0.05, 0) is 31.0 Å². The molecule has 6 heteroatoms. The molecule has 3 heterocycles. The lowest BCUT2D eigenvalue weighted by Crippen LogP contribution is -2.51. The molecule has 1 aromatic rings. The van der Waals surface area contributed by atoms with E-state index < -0.39 is 17.3 Å². The van der Waals surface area contributed by atoms with Crippen LogP contribution in [0.2, 0.25) is 0 Å². The first-order valence-corrected chi connectivity index (χ1v) is 6.95. The zero-order valence-corrected chi connectivity index (χ0v) is 11.2. The van der Waals surface area contributed by atoms with E-state index in [4.69, 9.17) is 5.73 Å². The molecule has 21 heavy (non-hydrogen) atoms. The Labute approximate surface area is 120 Å². The second-order valence-electron chi connectivity index (χ2n) is 5.70. The highest BCUT2D eigenvalue weighted by molar-refractivity contribution is 6.15. The molecule has 1 aromatic carbocycles. The third kappa shape index (κ3) is 1.38. The average Bonchev–Trinajstić information content (AvgIpc) is 3.06. The van der Waals surface area contributed by atoms with Gasteiger partial charge in [0.05, 0.1) is 0 Å². The lowest BCUT2D eigenvalue weighted by atomic mass is 9.83. The molecular formula is C15H14FN3O2. The van der Waals surface area contributed by atoms with Crippen LogP contribution >= 0.6 is 0 Å². The zero-order chi connectivity index (χ0) is 14.8. The normalized spacial score (nSPS) is 30.2. The SMILES string of the molecule is NC(=O)C1=CC2CCCN2[C@]12C(=O)Nc1ccc(F)cc12. The number of nitrogens with zero attached hydrogens (tertiary/aromatic N) is 1. The molecule has 1 unspecified atom stereocenters. The fraction of sp³-hybridized carbons (Fsp3) is 0.333. The van der Waals surface area contributed by atoms with E-state index in [1.807, 2.05) is 4.90 Å². The third-order valence-electron chi connectivity index (χ3n) is 4.69. The second-order valence-corrected chi connectivity index (χ2v) is 5.70. The average molecular weight is 287 g/mol. The summed E-state index contributed by atoms with van der Waals surface area (Å²) in [6.45, 7) is 0.682. The van der Waals surface area contributed by atoms with Gasteiger partial charge in [0, 0.05) is 29.4 Å². The van der Waals surface area contributed by atoms with Crippen LogP contribution in [0.4, 0.5) is 10.1 Å². The number of fused-ring (bicyclic) bond motifs is 4. The molecule has 0 aromatic heterocycles. The molecule has 3 aliphatic heterocycles. The number of benzene rings is 1. The summed E-state index contributed by atoms with van der Waals surface area (Å²) in [5, 5.41) is 2.76. The van der Waals surface area contributed by atoms with Crippen molar-refractivity contribution in [2.75, 3.05) is 11.9 Å². The number of primary amides is 1. The highest BCUT2D eigenvalue weighted by Gasteiger charge is 2.61. The first-order chi connectivity index (χ1) is 10.0. The number of hydrogen-bond acceptors (Lipinski definition) is 3. The van der Waals surface area contributed by atoms with Gasteiger partial charge in [0.15, 0.2) is 5.54 Å². The largest absolute Gasteiger partial charge is 0.366 e. The minimum atomic E-state index is -1.26. The smallest absolute Gasteiger partial charge is 0.254 e. The van der Waals surface area contributed by atoms with Gasteiger partial charge in [-0.2, -0.15) is 0 Å². The van der Waals surface area contributed by atoms with Gasteiger partial charge in [-0.3, -0.25) is 14.5 Å². The number of nitrogens with two attached hydrogens (primary N) is 1. The Hall–Kier alpha value is -2.21. The van der Waals surface area contributed by atoms with Crippen molar-refractivity contribution in [1.29, 1.82) is 0 Å². The molecule has 2 amide bonds. The third-order valence-corrected chi connectivity index (χ3v) is 4.69. The summed E-state index contributed by atoms with van der Waals surface area (Å²) in [6.07, 6.45) is 3.58. The van der Waals surface area contributed by atoms with Crippen molar-refractivity contribution in [3.8, 4) is 0 Å². The fourth-order valence-corrected chi connectivity index (χ4v) is 3.92. The number of rotatable bonds is 1. The summed E-state index contributed by atoms with van der Waals surface area (Å²) >= 11 is 0. The summed E-state index contributed by atoms with van der Waals surface area (Å²) in [7, 11) is 0. The van der Waals surface area contributed by atoms with Crippen molar-refractivity contribution in [1.82, 2.24) is 4.90 Å². The maximum Gasteiger partial charge on any atom is 0.254 e. The Morgan fingerprint density at radius 3 is 3.05 bits per heavy atom. The summed E-state index contributed by atoms with van der Waals surface area (Å²) in [6, 6.07) is 4.15. The van der Waals surface area contributed by atoms with Crippen LogP contribution in [0.1, 0.15) is 18.4 Å². The van der Waals surface area contributed by atoms with E-state index >= 15 is 0 Å². The van der Waals surface area contributed by atoms with Crippen LogP contribution in [0, 0.1) is 5.82 Å². The van der Waals surface area contributed by atoms with E-state index in [0.29, 0.717) is 17.8 Å². The van der Waals surface area contributed by atoms with Crippen LogP contribution in [-0.2, 0) is 15.1 Å². The number of amides is 2. The molecule has 2 atom stereocenters. The maximum atomic E-state index is 13.7. The van der Waals surface area contributed by atoms with Gasteiger partial charge in [0.25, 0.3) is 5.91 Å². The Kier molecular flexibility index (Phi) is 2.34. The van der Waals surface area contributed by atoms with Gasteiger partial charge in [0.2, 0.25) is 5.91 Å². The Bertz CT molecular complexity index is 715. The number of nitrogens with one attached hydrogen (secondary N) is 1. The van der Waals surface area contributed by atoms with Crippen molar-refractivity contribution in [2.45, 2.75) is 24.4 Å². The van der Waals surface area contributed by atoms with Gasteiger partial charge in [-0.25, -0.2) is 4.39 Å². The van der Waals surface area contributed by atoms with E-state index in [1.54, 1.807) is 6.08 Å². The van der Waals surface area contributed by atoms with Crippen molar-refractivity contribution >= 4 is 17.5 Å². The van der Waals surface area contributed by atoms with Gasteiger partial charge < -0.3 is 11.1 Å². The number of hydrogen-bond donors (Lipinski definition) is 2.